The minimum absolute atomic E-state index is 0.0000912. The minimum Gasteiger partial charge on any atom is -0.396 e. The summed E-state index contributed by atoms with van der Waals surface area (Å²) in [5, 5.41) is 8.73. The van der Waals surface area contributed by atoms with Gasteiger partial charge in [0.15, 0.2) is 0 Å². The van der Waals surface area contributed by atoms with Gasteiger partial charge in [-0.1, -0.05) is 6.92 Å². The number of nitrogens with one attached hydrogen (secondary N) is 1. The molecule has 0 aromatic heterocycles. The van der Waals surface area contributed by atoms with Crippen molar-refractivity contribution in [2.45, 2.75) is 18.2 Å². The Balaban J connectivity index is 2.80. The Kier molecular flexibility index (Phi) is 5.71. The van der Waals surface area contributed by atoms with E-state index in [9.17, 15) is 12.8 Å². The number of rotatable bonds is 6. The molecule has 0 saturated heterocycles. The third-order valence-corrected chi connectivity index (χ3v) is 4.83. The van der Waals surface area contributed by atoms with Crippen LogP contribution in [0.1, 0.15) is 13.3 Å². The largest absolute Gasteiger partial charge is 0.396 e. The fourth-order valence-electron chi connectivity index (χ4n) is 1.35. The van der Waals surface area contributed by atoms with Crippen molar-refractivity contribution in [3.63, 3.8) is 0 Å². The van der Waals surface area contributed by atoms with E-state index in [0.717, 1.165) is 12.1 Å². The summed E-state index contributed by atoms with van der Waals surface area (Å²) in [5.74, 6) is -0.474. The van der Waals surface area contributed by atoms with Gasteiger partial charge in [0.1, 0.15) is 5.82 Å². The van der Waals surface area contributed by atoms with E-state index in [0.29, 0.717) is 6.42 Å². The molecule has 0 bridgehead atoms. The van der Waals surface area contributed by atoms with Crippen molar-refractivity contribution in [1.29, 1.82) is 0 Å². The van der Waals surface area contributed by atoms with Gasteiger partial charge in [-0.15, -0.1) is 0 Å². The molecule has 0 amide bonds. The van der Waals surface area contributed by atoms with Crippen LogP contribution < -0.4 is 4.72 Å². The average Bonchev–Trinajstić information content (AvgIpc) is 2.26. The van der Waals surface area contributed by atoms with Crippen LogP contribution in [0, 0.1) is 11.7 Å². The Labute approximate surface area is 114 Å². The Morgan fingerprint density at radius 3 is 2.72 bits per heavy atom. The summed E-state index contributed by atoms with van der Waals surface area (Å²) in [6, 6.07) is 3.40. The van der Waals surface area contributed by atoms with Gasteiger partial charge in [-0.3, -0.25) is 0 Å². The van der Waals surface area contributed by atoms with Gasteiger partial charge in [-0.05, 0) is 46.5 Å². The highest BCUT2D eigenvalue weighted by Crippen LogP contribution is 2.22. The van der Waals surface area contributed by atoms with Crippen LogP contribution in [0.3, 0.4) is 0 Å². The van der Waals surface area contributed by atoms with Gasteiger partial charge in [0, 0.05) is 17.6 Å². The summed E-state index contributed by atoms with van der Waals surface area (Å²) in [6.45, 7) is 2.08. The highest BCUT2D eigenvalue weighted by molar-refractivity contribution is 9.10. The molecule has 0 aliphatic heterocycles. The highest BCUT2D eigenvalue weighted by atomic mass is 79.9. The number of hydrogen-bond donors (Lipinski definition) is 2. The van der Waals surface area contributed by atoms with Crippen LogP contribution in [-0.4, -0.2) is 26.7 Å². The van der Waals surface area contributed by atoms with Gasteiger partial charge in [0.25, 0.3) is 0 Å². The number of aliphatic hydroxyl groups is 1. The summed E-state index contributed by atoms with van der Waals surface area (Å²) >= 11 is 3.02. The van der Waals surface area contributed by atoms with E-state index < -0.39 is 15.8 Å². The predicted octanol–water partition coefficient (Wildman–Crippen LogP) is 1.89. The molecule has 18 heavy (non-hydrogen) atoms. The number of halogens is 2. The third-order valence-electron chi connectivity index (χ3n) is 2.43. The fourth-order valence-corrected chi connectivity index (χ4v) is 3.56. The molecular weight excluding hydrogens is 325 g/mol. The summed E-state index contributed by atoms with van der Waals surface area (Å²) in [4.78, 5) is 0.0000912. The Morgan fingerprint density at radius 2 is 2.17 bits per heavy atom. The fraction of sp³-hybridized carbons (Fsp3) is 0.455. The van der Waals surface area contributed by atoms with Crippen molar-refractivity contribution in [2.24, 2.45) is 5.92 Å². The van der Waals surface area contributed by atoms with E-state index in [1.165, 1.54) is 6.07 Å². The molecule has 1 atom stereocenters. The molecule has 2 N–H and O–H groups in total. The number of sulfonamides is 1. The van der Waals surface area contributed by atoms with Crippen molar-refractivity contribution >= 4 is 26.0 Å². The lowest BCUT2D eigenvalue weighted by atomic mass is 10.1. The summed E-state index contributed by atoms with van der Waals surface area (Å²) in [5.41, 5.74) is 0. The summed E-state index contributed by atoms with van der Waals surface area (Å²) in [7, 11) is -3.67. The van der Waals surface area contributed by atoms with Crippen molar-refractivity contribution in [3.8, 4) is 0 Å². The Morgan fingerprint density at radius 1 is 1.50 bits per heavy atom. The molecule has 4 nitrogen and oxygen atoms in total. The molecule has 0 saturated carbocycles. The molecule has 0 radical (unpaired) electrons. The van der Waals surface area contributed by atoms with Crippen molar-refractivity contribution in [3.05, 3.63) is 28.5 Å². The maximum Gasteiger partial charge on any atom is 0.241 e. The zero-order valence-corrected chi connectivity index (χ0v) is 12.3. The van der Waals surface area contributed by atoms with Crippen molar-refractivity contribution < 1.29 is 17.9 Å². The van der Waals surface area contributed by atoms with Crippen molar-refractivity contribution in [2.75, 3.05) is 13.2 Å². The standard InChI is InChI=1S/C11H15BrFNO3S/c1-8(4-5-15)7-14-18(16,17)11-3-2-9(13)6-10(11)12/h2-3,6,8,14-15H,4-5,7H2,1H3. The molecule has 0 aliphatic carbocycles. The first-order valence-corrected chi connectivity index (χ1v) is 7.70. The molecule has 1 aromatic rings. The van der Waals surface area contributed by atoms with Gasteiger partial charge >= 0.3 is 0 Å². The lowest BCUT2D eigenvalue weighted by Gasteiger charge is -2.12. The topological polar surface area (TPSA) is 66.4 Å². The van der Waals surface area contributed by atoms with Crippen LogP contribution in [0.15, 0.2) is 27.6 Å². The molecule has 102 valence electrons. The molecule has 0 heterocycles. The Bertz CT molecular complexity index is 507. The lowest BCUT2D eigenvalue weighted by molar-refractivity contribution is 0.263. The summed E-state index contributed by atoms with van der Waals surface area (Å²) < 4.78 is 39.4. The normalized spacial score (nSPS) is 13.6. The van der Waals surface area contributed by atoms with Crippen LogP contribution in [-0.2, 0) is 10.0 Å². The lowest BCUT2D eigenvalue weighted by Crippen LogP contribution is -2.29. The van der Waals surface area contributed by atoms with E-state index in [1.807, 2.05) is 6.92 Å². The maximum atomic E-state index is 12.9. The molecule has 0 spiro atoms. The number of benzene rings is 1. The SMILES string of the molecule is CC(CCO)CNS(=O)(=O)c1ccc(F)cc1Br. The van der Waals surface area contributed by atoms with Gasteiger partial charge in [-0.2, -0.15) is 0 Å². The third kappa shape index (κ3) is 4.31. The van der Waals surface area contributed by atoms with E-state index in [4.69, 9.17) is 5.11 Å². The molecule has 0 aliphatic rings. The number of aliphatic hydroxyl groups excluding tert-OH is 1. The molecule has 1 aromatic carbocycles. The van der Waals surface area contributed by atoms with E-state index in [1.54, 1.807) is 0 Å². The summed E-state index contributed by atoms with van der Waals surface area (Å²) in [6.07, 6.45) is 0.521. The van der Waals surface area contributed by atoms with Crippen LogP contribution in [0.2, 0.25) is 0 Å². The van der Waals surface area contributed by atoms with Crippen molar-refractivity contribution in [1.82, 2.24) is 4.72 Å². The Hall–Kier alpha value is -0.500. The molecule has 7 heteroatoms. The van der Waals surface area contributed by atoms with Crippen LogP contribution >= 0.6 is 15.9 Å². The maximum absolute atomic E-state index is 12.9. The van der Waals surface area contributed by atoms with E-state index in [-0.39, 0.29) is 28.4 Å². The first-order chi connectivity index (χ1) is 8.36. The average molecular weight is 340 g/mol. The second-order valence-electron chi connectivity index (χ2n) is 4.04. The zero-order chi connectivity index (χ0) is 13.8. The van der Waals surface area contributed by atoms with Gasteiger partial charge in [0.2, 0.25) is 10.0 Å². The van der Waals surface area contributed by atoms with Gasteiger partial charge in [-0.25, -0.2) is 17.5 Å². The van der Waals surface area contributed by atoms with E-state index >= 15 is 0 Å². The van der Waals surface area contributed by atoms with Crippen LogP contribution in [0.4, 0.5) is 4.39 Å². The van der Waals surface area contributed by atoms with Gasteiger partial charge < -0.3 is 5.11 Å². The van der Waals surface area contributed by atoms with Gasteiger partial charge in [0.05, 0.1) is 4.90 Å². The molecular formula is C11H15BrFNO3S. The minimum atomic E-state index is -3.67. The highest BCUT2D eigenvalue weighted by Gasteiger charge is 2.18. The first kappa shape index (κ1) is 15.6. The molecule has 0 fully saturated rings. The molecule has 1 unspecified atom stereocenters. The zero-order valence-electron chi connectivity index (χ0n) is 9.86. The quantitative estimate of drug-likeness (QED) is 0.831. The molecule has 1 rings (SSSR count). The second-order valence-corrected chi connectivity index (χ2v) is 6.63. The number of hydrogen-bond acceptors (Lipinski definition) is 3. The monoisotopic (exact) mass is 339 g/mol. The van der Waals surface area contributed by atoms with E-state index in [2.05, 4.69) is 20.7 Å². The predicted molar refractivity (Wildman–Crippen MR) is 70.2 cm³/mol. The van der Waals surface area contributed by atoms with Crippen LogP contribution in [0.25, 0.3) is 0 Å². The van der Waals surface area contributed by atoms with Crippen LogP contribution in [0.5, 0.6) is 0 Å². The smallest absolute Gasteiger partial charge is 0.241 e. The second kappa shape index (κ2) is 6.60. The first-order valence-electron chi connectivity index (χ1n) is 5.42.